The molecule has 0 saturated heterocycles. The minimum atomic E-state index is -0.365. The second kappa shape index (κ2) is 4.86. The number of nitrogens with zero attached hydrogens (tertiary/aromatic N) is 1. The Morgan fingerprint density at radius 3 is 2.50 bits per heavy atom. The summed E-state index contributed by atoms with van der Waals surface area (Å²) in [7, 11) is 1.83. The summed E-state index contributed by atoms with van der Waals surface area (Å²) in [5.41, 5.74) is 2.37. The third kappa shape index (κ3) is 2.41. The maximum atomic E-state index is 12.0. The first kappa shape index (κ1) is 12.7. The van der Waals surface area contributed by atoms with E-state index in [2.05, 4.69) is 0 Å². The summed E-state index contributed by atoms with van der Waals surface area (Å²) in [6.07, 6.45) is 0. The molecule has 0 radical (unpaired) electrons. The van der Waals surface area contributed by atoms with Gasteiger partial charge in [-0.15, -0.1) is 0 Å². The van der Waals surface area contributed by atoms with Crippen LogP contribution in [0.3, 0.4) is 0 Å². The molecule has 0 unspecified atom stereocenters. The van der Waals surface area contributed by atoms with Gasteiger partial charge in [0.15, 0.2) is 0 Å². The van der Waals surface area contributed by atoms with Gasteiger partial charge in [0.2, 0.25) is 0 Å². The quantitative estimate of drug-likeness (QED) is 0.613. The molecule has 0 aliphatic heterocycles. The minimum absolute atomic E-state index is 0.365. The van der Waals surface area contributed by atoms with Crippen molar-refractivity contribution in [2.75, 3.05) is 0 Å². The van der Waals surface area contributed by atoms with Crippen LogP contribution in [0.15, 0.2) is 30.3 Å². The standard InChI is InChI=1S/C14H14ClNO2/c1-9-8-11(15)5-7-13(9)18-14(17)12-6-4-10(2)16(12)3/h4-8H,1-3H3. The maximum absolute atomic E-state index is 12.0. The Balaban J connectivity index is 2.24. The van der Waals surface area contributed by atoms with Crippen molar-refractivity contribution in [3.8, 4) is 5.75 Å². The van der Waals surface area contributed by atoms with Crippen LogP contribution in [-0.2, 0) is 7.05 Å². The number of ether oxygens (including phenoxy) is 1. The largest absolute Gasteiger partial charge is 0.422 e. The lowest BCUT2D eigenvalue weighted by Gasteiger charge is -2.08. The van der Waals surface area contributed by atoms with Crippen LogP contribution in [0.4, 0.5) is 0 Å². The van der Waals surface area contributed by atoms with E-state index in [1.165, 1.54) is 0 Å². The minimum Gasteiger partial charge on any atom is -0.422 e. The molecule has 18 heavy (non-hydrogen) atoms. The van der Waals surface area contributed by atoms with E-state index >= 15 is 0 Å². The number of carbonyl (C=O) groups excluding carboxylic acids is 1. The molecule has 3 nitrogen and oxygen atoms in total. The molecule has 0 aliphatic rings. The van der Waals surface area contributed by atoms with Crippen LogP contribution in [0, 0.1) is 13.8 Å². The Morgan fingerprint density at radius 1 is 1.22 bits per heavy atom. The molecular formula is C14H14ClNO2. The number of carbonyl (C=O) groups is 1. The van der Waals surface area contributed by atoms with Crippen molar-refractivity contribution in [1.82, 2.24) is 4.57 Å². The van der Waals surface area contributed by atoms with E-state index in [0.29, 0.717) is 16.5 Å². The lowest BCUT2D eigenvalue weighted by molar-refractivity contribution is 0.0723. The second-order valence-corrected chi connectivity index (χ2v) is 4.65. The van der Waals surface area contributed by atoms with Crippen molar-refractivity contribution in [2.45, 2.75) is 13.8 Å². The highest BCUT2D eigenvalue weighted by molar-refractivity contribution is 6.30. The molecule has 0 bridgehead atoms. The number of rotatable bonds is 2. The van der Waals surface area contributed by atoms with Crippen molar-refractivity contribution in [1.29, 1.82) is 0 Å². The average Bonchev–Trinajstić information content (AvgIpc) is 2.64. The van der Waals surface area contributed by atoms with Gasteiger partial charge in [0, 0.05) is 17.8 Å². The Bertz CT molecular complexity index is 602. The smallest absolute Gasteiger partial charge is 0.360 e. The van der Waals surface area contributed by atoms with Gasteiger partial charge in [-0.1, -0.05) is 11.6 Å². The summed E-state index contributed by atoms with van der Waals surface area (Å²) in [5.74, 6) is 0.166. The Labute approximate surface area is 111 Å². The van der Waals surface area contributed by atoms with E-state index in [0.717, 1.165) is 11.3 Å². The van der Waals surface area contributed by atoms with Gasteiger partial charge in [-0.2, -0.15) is 0 Å². The summed E-state index contributed by atoms with van der Waals surface area (Å²) in [6, 6.07) is 8.80. The molecule has 94 valence electrons. The predicted molar refractivity (Wildman–Crippen MR) is 71.3 cm³/mol. The zero-order valence-corrected chi connectivity index (χ0v) is 11.3. The van der Waals surface area contributed by atoms with E-state index in [9.17, 15) is 4.79 Å². The summed E-state index contributed by atoms with van der Waals surface area (Å²) in [6.45, 7) is 3.79. The third-order valence-corrected chi connectivity index (χ3v) is 3.16. The van der Waals surface area contributed by atoms with Gasteiger partial charge < -0.3 is 9.30 Å². The van der Waals surface area contributed by atoms with Crippen LogP contribution in [0.1, 0.15) is 21.7 Å². The molecule has 0 atom stereocenters. The van der Waals surface area contributed by atoms with E-state index in [4.69, 9.17) is 16.3 Å². The molecule has 0 spiro atoms. The molecule has 2 aromatic rings. The maximum Gasteiger partial charge on any atom is 0.360 e. The number of aryl methyl sites for hydroxylation is 2. The first-order valence-corrected chi connectivity index (χ1v) is 5.97. The van der Waals surface area contributed by atoms with E-state index in [1.54, 1.807) is 28.8 Å². The summed E-state index contributed by atoms with van der Waals surface area (Å²) in [4.78, 5) is 12.0. The van der Waals surface area contributed by atoms with Gasteiger partial charge in [-0.3, -0.25) is 0 Å². The van der Waals surface area contributed by atoms with Gasteiger partial charge in [0.05, 0.1) is 0 Å². The summed E-state index contributed by atoms with van der Waals surface area (Å²) >= 11 is 5.85. The van der Waals surface area contributed by atoms with E-state index in [1.807, 2.05) is 27.0 Å². The predicted octanol–water partition coefficient (Wildman–Crippen LogP) is 3.51. The molecule has 1 aromatic carbocycles. The Hall–Kier alpha value is -1.74. The van der Waals surface area contributed by atoms with Crippen LogP contribution in [0.25, 0.3) is 0 Å². The van der Waals surface area contributed by atoms with Crippen LogP contribution in [-0.4, -0.2) is 10.5 Å². The highest BCUT2D eigenvalue weighted by Crippen LogP contribution is 2.23. The highest BCUT2D eigenvalue weighted by Gasteiger charge is 2.14. The lowest BCUT2D eigenvalue weighted by Crippen LogP contribution is -2.13. The first-order valence-electron chi connectivity index (χ1n) is 5.59. The zero-order valence-electron chi connectivity index (χ0n) is 10.5. The van der Waals surface area contributed by atoms with Gasteiger partial charge in [0.1, 0.15) is 11.4 Å². The molecule has 0 amide bonds. The summed E-state index contributed by atoms with van der Waals surface area (Å²) < 4.78 is 7.16. The molecule has 0 saturated carbocycles. The SMILES string of the molecule is Cc1cc(Cl)ccc1OC(=O)c1ccc(C)n1C. The van der Waals surface area contributed by atoms with Crippen molar-refractivity contribution in [3.63, 3.8) is 0 Å². The fourth-order valence-electron chi connectivity index (χ4n) is 1.70. The van der Waals surface area contributed by atoms with Gasteiger partial charge >= 0.3 is 5.97 Å². The lowest BCUT2D eigenvalue weighted by atomic mass is 10.2. The molecule has 0 fully saturated rings. The number of benzene rings is 1. The Morgan fingerprint density at radius 2 is 1.94 bits per heavy atom. The Kier molecular flexibility index (Phi) is 3.43. The normalized spacial score (nSPS) is 10.4. The van der Waals surface area contributed by atoms with Crippen LogP contribution >= 0.6 is 11.6 Å². The fourth-order valence-corrected chi connectivity index (χ4v) is 1.92. The fraction of sp³-hybridized carbons (Fsp3) is 0.214. The zero-order chi connectivity index (χ0) is 13.3. The van der Waals surface area contributed by atoms with Gasteiger partial charge in [-0.25, -0.2) is 4.79 Å². The third-order valence-electron chi connectivity index (χ3n) is 2.92. The van der Waals surface area contributed by atoms with Crippen LogP contribution < -0.4 is 4.74 Å². The highest BCUT2D eigenvalue weighted by atomic mass is 35.5. The van der Waals surface area contributed by atoms with Gasteiger partial charge in [-0.05, 0) is 49.7 Å². The second-order valence-electron chi connectivity index (χ2n) is 4.22. The average molecular weight is 264 g/mol. The van der Waals surface area contributed by atoms with Crippen LogP contribution in [0.2, 0.25) is 5.02 Å². The number of esters is 1. The molecule has 0 aliphatic carbocycles. The molecule has 2 rings (SSSR count). The first-order chi connectivity index (χ1) is 8.49. The van der Waals surface area contributed by atoms with Crippen LogP contribution in [0.5, 0.6) is 5.75 Å². The van der Waals surface area contributed by atoms with Crippen molar-refractivity contribution < 1.29 is 9.53 Å². The molecule has 4 heteroatoms. The number of hydrogen-bond donors (Lipinski definition) is 0. The van der Waals surface area contributed by atoms with E-state index < -0.39 is 0 Å². The van der Waals surface area contributed by atoms with E-state index in [-0.39, 0.29) is 5.97 Å². The molecular weight excluding hydrogens is 250 g/mol. The van der Waals surface area contributed by atoms with Crippen molar-refractivity contribution in [2.24, 2.45) is 7.05 Å². The van der Waals surface area contributed by atoms with Gasteiger partial charge in [0.25, 0.3) is 0 Å². The molecule has 0 N–H and O–H groups in total. The topological polar surface area (TPSA) is 31.2 Å². The van der Waals surface area contributed by atoms with Crippen molar-refractivity contribution in [3.05, 3.63) is 52.3 Å². The summed E-state index contributed by atoms with van der Waals surface area (Å²) in [5, 5.41) is 0.627. The molecule has 1 heterocycles. The number of halogens is 1. The molecule has 1 aromatic heterocycles. The van der Waals surface area contributed by atoms with Crippen molar-refractivity contribution >= 4 is 17.6 Å². The number of aromatic nitrogens is 1. The number of hydrogen-bond acceptors (Lipinski definition) is 2. The monoisotopic (exact) mass is 263 g/mol.